The maximum absolute atomic E-state index is 9.09. The second-order valence-electron chi connectivity index (χ2n) is 5.03. The predicted octanol–water partition coefficient (Wildman–Crippen LogP) is 4.86. The zero-order valence-electron chi connectivity index (χ0n) is 12.4. The van der Waals surface area contributed by atoms with Crippen molar-refractivity contribution in [1.29, 1.82) is 5.26 Å². The second kappa shape index (κ2) is 7.31. The van der Waals surface area contributed by atoms with Gasteiger partial charge in [-0.25, -0.2) is 4.98 Å². The van der Waals surface area contributed by atoms with Crippen molar-refractivity contribution >= 4 is 29.0 Å². The van der Waals surface area contributed by atoms with E-state index in [1.807, 2.05) is 48.5 Å². The van der Waals surface area contributed by atoms with Gasteiger partial charge < -0.3 is 5.32 Å². The Balaban J connectivity index is 2.01. The van der Waals surface area contributed by atoms with Gasteiger partial charge in [-0.15, -0.1) is 0 Å². The number of nitrogens with one attached hydrogen (secondary N) is 1. The molecule has 0 spiro atoms. The van der Waals surface area contributed by atoms with Gasteiger partial charge in [0.05, 0.1) is 16.8 Å². The maximum atomic E-state index is 9.09. The van der Waals surface area contributed by atoms with Crippen LogP contribution in [-0.4, -0.2) is 9.97 Å². The Morgan fingerprint density at radius 1 is 1.04 bits per heavy atom. The van der Waals surface area contributed by atoms with Gasteiger partial charge in [-0.3, -0.25) is 4.98 Å². The molecule has 6 heteroatoms. The minimum atomic E-state index is -0.259. The first kappa shape index (κ1) is 16.3. The van der Waals surface area contributed by atoms with Gasteiger partial charge >= 0.3 is 0 Å². The third kappa shape index (κ3) is 3.65. The van der Waals surface area contributed by atoms with Crippen LogP contribution in [0.25, 0.3) is 0 Å². The van der Waals surface area contributed by atoms with Crippen LogP contribution in [0.15, 0.2) is 60.8 Å². The molecule has 0 amide bonds. The van der Waals surface area contributed by atoms with E-state index >= 15 is 0 Å². The molecule has 118 valence electrons. The first-order chi connectivity index (χ1) is 11.7. The van der Waals surface area contributed by atoms with Crippen LogP contribution in [0.2, 0.25) is 10.0 Å². The molecule has 3 rings (SSSR count). The molecule has 24 heavy (non-hydrogen) atoms. The van der Waals surface area contributed by atoms with Crippen LogP contribution < -0.4 is 5.32 Å². The number of aromatic nitrogens is 2. The number of benzene rings is 1. The van der Waals surface area contributed by atoms with E-state index in [4.69, 9.17) is 28.5 Å². The summed E-state index contributed by atoms with van der Waals surface area (Å²) in [5.41, 5.74) is 1.93. The monoisotopic (exact) mass is 354 g/mol. The molecule has 0 aliphatic rings. The highest BCUT2D eigenvalue weighted by Gasteiger charge is 2.17. The van der Waals surface area contributed by atoms with E-state index in [0.717, 1.165) is 11.3 Å². The third-order valence-corrected chi connectivity index (χ3v) is 3.95. The number of nitrogens with zero attached hydrogens (tertiary/aromatic N) is 3. The molecule has 1 atom stereocenters. The summed E-state index contributed by atoms with van der Waals surface area (Å²) in [5.74, 6) is 0.534. The summed E-state index contributed by atoms with van der Waals surface area (Å²) >= 11 is 12.1. The van der Waals surface area contributed by atoms with Gasteiger partial charge in [0, 0.05) is 11.2 Å². The summed E-state index contributed by atoms with van der Waals surface area (Å²) in [6.07, 6.45) is 1.73. The van der Waals surface area contributed by atoms with E-state index in [1.54, 1.807) is 18.3 Å². The first-order valence-electron chi connectivity index (χ1n) is 7.17. The lowest BCUT2D eigenvalue weighted by Gasteiger charge is -2.20. The van der Waals surface area contributed by atoms with E-state index in [-0.39, 0.29) is 11.7 Å². The summed E-state index contributed by atoms with van der Waals surface area (Å²) < 4.78 is 0. The number of nitriles is 1. The zero-order chi connectivity index (χ0) is 16.9. The number of hydrogen-bond donors (Lipinski definition) is 1. The van der Waals surface area contributed by atoms with Crippen LogP contribution in [0.1, 0.15) is 23.0 Å². The van der Waals surface area contributed by atoms with Crippen LogP contribution in [-0.2, 0) is 0 Å². The minimum absolute atomic E-state index is 0.174. The lowest BCUT2D eigenvalue weighted by atomic mass is 10.0. The standard InChI is InChI=1S/C18H12Cl2N4/c19-13-5-3-4-12(10-13)18(15-6-1-2-9-22-15)24-17-8-7-14(20)16(11-21)23-17/h1-10,18H,(H,23,24). The van der Waals surface area contributed by atoms with Crippen LogP contribution in [0, 0.1) is 11.3 Å². The van der Waals surface area contributed by atoms with Crippen molar-refractivity contribution < 1.29 is 0 Å². The Bertz CT molecular complexity index is 891. The molecule has 1 N–H and O–H groups in total. The zero-order valence-corrected chi connectivity index (χ0v) is 14.0. The Labute approximate surface area is 149 Å². The fourth-order valence-corrected chi connectivity index (χ4v) is 2.66. The Kier molecular flexibility index (Phi) is 4.95. The van der Waals surface area contributed by atoms with Crippen molar-refractivity contribution in [2.75, 3.05) is 5.32 Å². The van der Waals surface area contributed by atoms with Gasteiger partial charge in [-0.1, -0.05) is 41.4 Å². The lowest BCUT2D eigenvalue weighted by molar-refractivity contribution is 0.877. The molecule has 1 unspecified atom stereocenters. The molecular formula is C18H12Cl2N4. The van der Waals surface area contributed by atoms with E-state index in [1.165, 1.54) is 0 Å². The smallest absolute Gasteiger partial charge is 0.161 e. The van der Waals surface area contributed by atoms with E-state index in [0.29, 0.717) is 15.9 Å². The highest BCUT2D eigenvalue weighted by Crippen LogP contribution is 2.27. The first-order valence-corrected chi connectivity index (χ1v) is 7.92. The Hall–Kier alpha value is -2.61. The molecule has 0 saturated carbocycles. The summed E-state index contributed by atoms with van der Waals surface area (Å²) in [6.45, 7) is 0. The third-order valence-electron chi connectivity index (χ3n) is 3.41. The molecule has 0 saturated heterocycles. The van der Waals surface area contributed by atoms with Crippen molar-refractivity contribution in [3.63, 3.8) is 0 Å². The molecule has 0 radical (unpaired) electrons. The average molecular weight is 355 g/mol. The molecule has 0 aliphatic heterocycles. The van der Waals surface area contributed by atoms with Crippen molar-refractivity contribution in [2.24, 2.45) is 0 Å². The van der Waals surface area contributed by atoms with Crippen LogP contribution >= 0.6 is 23.2 Å². The fourth-order valence-electron chi connectivity index (χ4n) is 2.31. The van der Waals surface area contributed by atoms with Crippen LogP contribution in [0.4, 0.5) is 5.82 Å². The van der Waals surface area contributed by atoms with Crippen molar-refractivity contribution in [2.45, 2.75) is 6.04 Å². The Morgan fingerprint density at radius 3 is 2.62 bits per heavy atom. The van der Waals surface area contributed by atoms with Crippen LogP contribution in [0.3, 0.4) is 0 Å². The van der Waals surface area contributed by atoms with Gasteiger partial charge in [0.2, 0.25) is 0 Å². The molecular weight excluding hydrogens is 343 g/mol. The van der Waals surface area contributed by atoms with E-state index in [9.17, 15) is 0 Å². The molecule has 0 aliphatic carbocycles. The molecule has 2 heterocycles. The minimum Gasteiger partial charge on any atom is -0.358 e. The van der Waals surface area contributed by atoms with Crippen molar-refractivity contribution in [1.82, 2.24) is 9.97 Å². The molecule has 1 aromatic carbocycles. The van der Waals surface area contributed by atoms with Gasteiger partial charge in [-0.2, -0.15) is 5.26 Å². The normalized spacial score (nSPS) is 11.5. The molecule has 3 aromatic rings. The molecule has 0 bridgehead atoms. The highest BCUT2D eigenvalue weighted by atomic mass is 35.5. The van der Waals surface area contributed by atoms with Gasteiger partial charge in [0.1, 0.15) is 11.9 Å². The topological polar surface area (TPSA) is 61.6 Å². The van der Waals surface area contributed by atoms with Gasteiger partial charge in [0.25, 0.3) is 0 Å². The van der Waals surface area contributed by atoms with Gasteiger partial charge in [0.15, 0.2) is 5.69 Å². The van der Waals surface area contributed by atoms with Crippen LogP contribution in [0.5, 0.6) is 0 Å². The molecule has 4 nitrogen and oxygen atoms in total. The number of anilines is 1. The molecule has 2 aromatic heterocycles. The predicted molar refractivity (Wildman–Crippen MR) is 95.1 cm³/mol. The second-order valence-corrected chi connectivity index (χ2v) is 5.87. The van der Waals surface area contributed by atoms with E-state index in [2.05, 4.69) is 15.3 Å². The average Bonchev–Trinajstić information content (AvgIpc) is 2.61. The lowest BCUT2D eigenvalue weighted by Crippen LogP contribution is -2.15. The number of rotatable bonds is 4. The van der Waals surface area contributed by atoms with E-state index < -0.39 is 0 Å². The quantitative estimate of drug-likeness (QED) is 0.726. The van der Waals surface area contributed by atoms with Crippen molar-refractivity contribution in [3.8, 4) is 6.07 Å². The maximum Gasteiger partial charge on any atom is 0.161 e. The SMILES string of the molecule is N#Cc1nc(NC(c2cccc(Cl)c2)c2ccccn2)ccc1Cl. The highest BCUT2D eigenvalue weighted by molar-refractivity contribution is 6.31. The summed E-state index contributed by atoms with van der Waals surface area (Å²) in [5, 5.41) is 13.3. The fraction of sp³-hybridized carbons (Fsp3) is 0.0556. The summed E-state index contributed by atoms with van der Waals surface area (Å²) in [7, 11) is 0. The Morgan fingerprint density at radius 2 is 1.92 bits per heavy atom. The summed E-state index contributed by atoms with van der Waals surface area (Å²) in [4.78, 5) is 8.66. The van der Waals surface area contributed by atoms with Gasteiger partial charge in [-0.05, 0) is 42.0 Å². The number of hydrogen-bond acceptors (Lipinski definition) is 4. The van der Waals surface area contributed by atoms with Crippen molar-refractivity contribution in [3.05, 3.63) is 87.8 Å². The summed E-state index contributed by atoms with van der Waals surface area (Å²) in [6, 6.07) is 18.3. The number of halogens is 2. The number of pyridine rings is 2. The largest absolute Gasteiger partial charge is 0.358 e. The molecule has 0 fully saturated rings.